The molecule has 1 aromatic carbocycles. The summed E-state index contributed by atoms with van der Waals surface area (Å²) in [6, 6.07) is 4.62. The third-order valence-electron chi connectivity index (χ3n) is 3.41. The van der Waals surface area contributed by atoms with Crippen molar-refractivity contribution < 1.29 is 0 Å². The molecule has 1 aromatic rings. The molecule has 0 aromatic heterocycles. The van der Waals surface area contributed by atoms with Crippen LogP contribution in [0.5, 0.6) is 0 Å². The minimum Gasteiger partial charge on any atom is -0.385 e. The molecule has 0 aliphatic carbocycles. The zero-order valence-corrected chi connectivity index (χ0v) is 11.9. The summed E-state index contributed by atoms with van der Waals surface area (Å²) < 4.78 is 0. The molecule has 1 rings (SSSR count). The molecule has 0 atom stereocenters. The molecule has 96 valence electrons. The van der Waals surface area contributed by atoms with E-state index in [2.05, 4.69) is 45.1 Å². The van der Waals surface area contributed by atoms with Gasteiger partial charge < -0.3 is 5.32 Å². The second-order valence-corrected chi connectivity index (χ2v) is 4.93. The lowest BCUT2D eigenvalue weighted by atomic mass is 10.0. The van der Waals surface area contributed by atoms with Gasteiger partial charge in [0.05, 0.1) is 0 Å². The summed E-state index contributed by atoms with van der Waals surface area (Å²) in [5.41, 5.74) is 5.58. The second-order valence-electron chi connectivity index (χ2n) is 4.93. The van der Waals surface area contributed by atoms with E-state index in [4.69, 9.17) is 0 Å². The molecule has 0 aliphatic heterocycles. The van der Waals surface area contributed by atoms with Gasteiger partial charge in [0.1, 0.15) is 0 Å². The van der Waals surface area contributed by atoms with E-state index in [1.165, 1.54) is 48.1 Å². The van der Waals surface area contributed by atoms with Crippen LogP contribution in [0.15, 0.2) is 12.1 Å². The van der Waals surface area contributed by atoms with E-state index >= 15 is 0 Å². The molecule has 0 bridgehead atoms. The lowest BCUT2D eigenvalue weighted by Crippen LogP contribution is -2.04. The van der Waals surface area contributed by atoms with Gasteiger partial charge in [-0.25, -0.2) is 0 Å². The molecule has 17 heavy (non-hydrogen) atoms. The number of unbranched alkanes of at least 4 members (excludes halogenated alkanes) is 3. The molecular weight excluding hydrogens is 206 g/mol. The van der Waals surface area contributed by atoms with Crippen LogP contribution in [-0.2, 0) is 6.42 Å². The molecule has 0 aliphatic rings. The van der Waals surface area contributed by atoms with Gasteiger partial charge in [-0.15, -0.1) is 0 Å². The highest BCUT2D eigenvalue weighted by Gasteiger charge is 2.02. The molecule has 0 radical (unpaired) electrons. The molecule has 0 spiro atoms. The summed E-state index contributed by atoms with van der Waals surface area (Å²) in [6.07, 6.45) is 6.41. The van der Waals surface area contributed by atoms with Crippen molar-refractivity contribution in [2.24, 2.45) is 0 Å². The number of anilines is 1. The van der Waals surface area contributed by atoms with Crippen LogP contribution in [0.1, 0.15) is 56.2 Å². The summed E-state index contributed by atoms with van der Waals surface area (Å²) in [5.74, 6) is 0. The van der Waals surface area contributed by atoms with E-state index in [0.717, 1.165) is 13.0 Å². The number of benzene rings is 1. The number of aryl methyl sites for hydroxylation is 3. The molecule has 0 saturated heterocycles. The van der Waals surface area contributed by atoms with Gasteiger partial charge in [0.25, 0.3) is 0 Å². The standard InChI is InChI=1S/C16H27N/c1-5-7-8-9-10-17-16-12-13(3)15(6-2)11-14(16)4/h11-12,17H,5-10H2,1-4H3. The Bertz CT molecular complexity index is 342. The van der Waals surface area contributed by atoms with Crippen LogP contribution in [0.25, 0.3) is 0 Å². The van der Waals surface area contributed by atoms with Crippen molar-refractivity contribution in [3.63, 3.8) is 0 Å². The van der Waals surface area contributed by atoms with Crippen molar-refractivity contribution in [1.82, 2.24) is 0 Å². The highest BCUT2D eigenvalue weighted by atomic mass is 14.9. The Morgan fingerprint density at radius 2 is 1.71 bits per heavy atom. The Morgan fingerprint density at radius 3 is 2.35 bits per heavy atom. The van der Waals surface area contributed by atoms with Crippen LogP contribution in [-0.4, -0.2) is 6.54 Å². The second kappa shape index (κ2) is 7.37. The van der Waals surface area contributed by atoms with Crippen LogP contribution in [0.4, 0.5) is 5.69 Å². The van der Waals surface area contributed by atoms with Crippen molar-refractivity contribution in [2.45, 2.75) is 59.8 Å². The smallest absolute Gasteiger partial charge is 0.0372 e. The van der Waals surface area contributed by atoms with Gasteiger partial charge in [0, 0.05) is 12.2 Å². The molecule has 1 N–H and O–H groups in total. The quantitative estimate of drug-likeness (QED) is 0.663. The highest BCUT2D eigenvalue weighted by Crippen LogP contribution is 2.21. The average Bonchev–Trinajstić information content (AvgIpc) is 2.32. The lowest BCUT2D eigenvalue weighted by Gasteiger charge is -2.13. The first-order valence-electron chi connectivity index (χ1n) is 7.03. The molecule has 0 amide bonds. The molecule has 1 heteroatoms. The predicted molar refractivity (Wildman–Crippen MR) is 77.9 cm³/mol. The molecule has 0 saturated carbocycles. The third kappa shape index (κ3) is 4.41. The first kappa shape index (κ1) is 14.1. The third-order valence-corrected chi connectivity index (χ3v) is 3.41. The summed E-state index contributed by atoms with van der Waals surface area (Å²) in [4.78, 5) is 0. The average molecular weight is 233 g/mol. The Kier molecular flexibility index (Phi) is 6.10. The summed E-state index contributed by atoms with van der Waals surface area (Å²) in [7, 11) is 0. The van der Waals surface area contributed by atoms with Crippen molar-refractivity contribution in [1.29, 1.82) is 0 Å². The Labute approximate surface area is 107 Å². The summed E-state index contributed by atoms with van der Waals surface area (Å²) in [5, 5.41) is 3.56. The highest BCUT2D eigenvalue weighted by molar-refractivity contribution is 5.54. The Hall–Kier alpha value is -0.980. The first-order chi connectivity index (χ1) is 8.19. The van der Waals surface area contributed by atoms with Crippen LogP contribution >= 0.6 is 0 Å². The van der Waals surface area contributed by atoms with Gasteiger partial charge in [-0.1, -0.05) is 39.2 Å². The number of hydrogen-bond donors (Lipinski definition) is 1. The fourth-order valence-electron chi connectivity index (χ4n) is 2.22. The molecule has 1 nitrogen and oxygen atoms in total. The van der Waals surface area contributed by atoms with Crippen LogP contribution in [0, 0.1) is 13.8 Å². The fraction of sp³-hybridized carbons (Fsp3) is 0.625. The number of nitrogens with one attached hydrogen (secondary N) is 1. The monoisotopic (exact) mass is 233 g/mol. The lowest BCUT2D eigenvalue weighted by molar-refractivity contribution is 0.685. The van der Waals surface area contributed by atoms with Gasteiger partial charge >= 0.3 is 0 Å². The van der Waals surface area contributed by atoms with E-state index < -0.39 is 0 Å². The van der Waals surface area contributed by atoms with Crippen molar-refractivity contribution in [3.8, 4) is 0 Å². The normalized spacial score (nSPS) is 10.6. The van der Waals surface area contributed by atoms with Crippen molar-refractivity contribution in [3.05, 3.63) is 28.8 Å². The minimum atomic E-state index is 1.10. The predicted octanol–water partition coefficient (Wildman–Crippen LogP) is 4.86. The number of hydrogen-bond acceptors (Lipinski definition) is 1. The van der Waals surface area contributed by atoms with Crippen LogP contribution in [0.2, 0.25) is 0 Å². The minimum absolute atomic E-state index is 1.10. The van der Waals surface area contributed by atoms with Crippen LogP contribution < -0.4 is 5.32 Å². The van der Waals surface area contributed by atoms with E-state index in [9.17, 15) is 0 Å². The van der Waals surface area contributed by atoms with Gasteiger partial charge in [-0.2, -0.15) is 0 Å². The molecule has 0 fully saturated rings. The van der Waals surface area contributed by atoms with E-state index in [-0.39, 0.29) is 0 Å². The number of rotatable bonds is 7. The zero-order chi connectivity index (χ0) is 12.7. The maximum Gasteiger partial charge on any atom is 0.0372 e. The summed E-state index contributed by atoms with van der Waals surface area (Å²) >= 11 is 0. The van der Waals surface area contributed by atoms with E-state index in [1.54, 1.807) is 0 Å². The van der Waals surface area contributed by atoms with Gasteiger partial charge in [-0.3, -0.25) is 0 Å². The first-order valence-corrected chi connectivity index (χ1v) is 7.03. The summed E-state index contributed by atoms with van der Waals surface area (Å²) in [6.45, 7) is 9.99. The van der Waals surface area contributed by atoms with Crippen LogP contribution in [0.3, 0.4) is 0 Å². The maximum absolute atomic E-state index is 3.56. The molecular formula is C16H27N. The van der Waals surface area contributed by atoms with Gasteiger partial charge in [0.2, 0.25) is 0 Å². The topological polar surface area (TPSA) is 12.0 Å². The van der Waals surface area contributed by atoms with E-state index in [1.807, 2.05) is 0 Å². The SMILES string of the molecule is CCCCCCNc1cc(C)c(CC)cc1C. The van der Waals surface area contributed by atoms with Gasteiger partial charge in [-0.05, 0) is 49.4 Å². The maximum atomic E-state index is 3.56. The molecule has 0 heterocycles. The largest absolute Gasteiger partial charge is 0.385 e. The fourth-order valence-corrected chi connectivity index (χ4v) is 2.22. The van der Waals surface area contributed by atoms with Gasteiger partial charge in [0.15, 0.2) is 0 Å². The molecule has 0 unspecified atom stereocenters. The van der Waals surface area contributed by atoms with Crippen molar-refractivity contribution in [2.75, 3.05) is 11.9 Å². The van der Waals surface area contributed by atoms with Crippen molar-refractivity contribution >= 4 is 5.69 Å². The Morgan fingerprint density at radius 1 is 0.941 bits per heavy atom. The zero-order valence-electron chi connectivity index (χ0n) is 11.9. The Balaban J connectivity index is 2.51. The van der Waals surface area contributed by atoms with E-state index in [0.29, 0.717) is 0 Å².